The predicted molar refractivity (Wildman–Crippen MR) is 59.5 cm³/mol. The van der Waals surface area contributed by atoms with Crippen molar-refractivity contribution in [2.75, 3.05) is 11.1 Å². The Labute approximate surface area is 84.3 Å². The summed E-state index contributed by atoms with van der Waals surface area (Å²) in [5, 5.41) is 2.72. The zero-order valence-electron chi connectivity index (χ0n) is 9.06. The minimum Gasteiger partial charge on any atom is -0.398 e. The number of carbonyl (C=O) groups excluding carboxylic acids is 1. The average molecular weight is 192 g/mol. The van der Waals surface area contributed by atoms with Gasteiger partial charge in [-0.1, -0.05) is 0 Å². The zero-order chi connectivity index (χ0) is 10.9. The first-order chi connectivity index (χ1) is 6.50. The molecule has 14 heavy (non-hydrogen) atoms. The molecule has 1 aromatic carbocycles. The fourth-order valence-electron chi connectivity index (χ4n) is 1.62. The van der Waals surface area contributed by atoms with Crippen LogP contribution in [0.1, 0.15) is 22.3 Å². The molecule has 1 amide bonds. The van der Waals surface area contributed by atoms with Crippen LogP contribution in [0.25, 0.3) is 0 Å². The molecule has 0 aromatic heterocycles. The Morgan fingerprint density at radius 2 is 1.43 bits per heavy atom. The first-order valence-corrected chi connectivity index (χ1v) is 4.56. The number of nitrogen functional groups attached to an aromatic ring is 1. The molecule has 1 rings (SSSR count). The van der Waals surface area contributed by atoms with Crippen molar-refractivity contribution in [2.24, 2.45) is 0 Å². The maximum atomic E-state index is 10.4. The van der Waals surface area contributed by atoms with E-state index in [9.17, 15) is 4.79 Å². The summed E-state index contributed by atoms with van der Waals surface area (Å²) in [6.45, 7) is 7.86. The van der Waals surface area contributed by atoms with E-state index in [-0.39, 0.29) is 0 Å². The topological polar surface area (TPSA) is 55.1 Å². The quantitative estimate of drug-likeness (QED) is 0.556. The smallest absolute Gasteiger partial charge is 0.211 e. The number of carbonyl (C=O) groups is 1. The summed E-state index contributed by atoms with van der Waals surface area (Å²) in [5.41, 5.74) is 11.8. The normalized spacial score (nSPS) is 10.0. The van der Waals surface area contributed by atoms with Crippen molar-refractivity contribution in [2.45, 2.75) is 27.7 Å². The van der Waals surface area contributed by atoms with Gasteiger partial charge in [-0.05, 0) is 49.9 Å². The fraction of sp³-hybridized carbons (Fsp3) is 0.364. The third kappa shape index (κ3) is 1.45. The average Bonchev–Trinajstić information content (AvgIpc) is 2.19. The van der Waals surface area contributed by atoms with Crippen LogP contribution < -0.4 is 11.1 Å². The lowest BCUT2D eigenvalue weighted by molar-refractivity contribution is -0.105. The highest BCUT2D eigenvalue weighted by atomic mass is 16.1. The molecule has 3 heteroatoms. The van der Waals surface area contributed by atoms with Crippen molar-refractivity contribution in [1.29, 1.82) is 0 Å². The SMILES string of the molecule is Cc1c(C)c(NC=O)c(C)c(C)c1N. The Balaban J connectivity index is 3.50. The van der Waals surface area contributed by atoms with Crippen LogP contribution in [-0.4, -0.2) is 6.41 Å². The van der Waals surface area contributed by atoms with Gasteiger partial charge in [-0.2, -0.15) is 0 Å². The van der Waals surface area contributed by atoms with Gasteiger partial charge >= 0.3 is 0 Å². The number of benzene rings is 1. The Bertz CT molecular complexity index is 354. The standard InChI is InChI=1S/C11H16N2O/c1-6-8(3)11(13-5-14)9(4)7(2)10(6)12/h5H,12H2,1-4H3,(H,13,14). The number of rotatable bonds is 2. The van der Waals surface area contributed by atoms with Crippen LogP contribution in [0.4, 0.5) is 11.4 Å². The van der Waals surface area contributed by atoms with E-state index in [1.807, 2.05) is 27.7 Å². The molecule has 0 spiro atoms. The lowest BCUT2D eigenvalue weighted by Gasteiger charge is -2.17. The van der Waals surface area contributed by atoms with Crippen LogP contribution in [-0.2, 0) is 4.79 Å². The Morgan fingerprint density at radius 3 is 1.79 bits per heavy atom. The number of hydrogen-bond acceptors (Lipinski definition) is 2. The molecule has 1 aromatic rings. The highest BCUT2D eigenvalue weighted by Gasteiger charge is 2.11. The van der Waals surface area contributed by atoms with E-state index in [2.05, 4.69) is 5.32 Å². The summed E-state index contributed by atoms with van der Waals surface area (Å²) >= 11 is 0. The number of hydrogen-bond donors (Lipinski definition) is 2. The largest absolute Gasteiger partial charge is 0.398 e. The molecule has 3 nitrogen and oxygen atoms in total. The van der Waals surface area contributed by atoms with Crippen molar-refractivity contribution in [1.82, 2.24) is 0 Å². The molecule has 0 heterocycles. The third-order valence-electron chi connectivity index (χ3n) is 2.89. The van der Waals surface area contributed by atoms with E-state index < -0.39 is 0 Å². The molecule has 0 aliphatic rings. The number of amides is 1. The summed E-state index contributed by atoms with van der Waals surface area (Å²) in [4.78, 5) is 10.4. The van der Waals surface area contributed by atoms with Crippen LogP contribution in [0.5, 0.6) is 0 Å². The van der Waals surface area contributed by atoms with Crippen LogP contribution in [0.3, 0.4) is 0 Å². The van der Waals surface area contributed by atoms with Gasteiger partial charge in [-0.25, -0.2) is 0 Å². The number of nitrogens with one attached hydrogen (secondary N) is 1. The lowest BCUT2D eigenvalue weighted by Crippen LogP contribution is -2.06. The molecule has 3 N–H and O–H groups in total. The van der Waals surface area contributed by atoms with Crippen LogP contribution in [0, 0.1) is 27.7 Å². The minimum atomic E-state index is 0.699. The maximum absolute atomic E-state index is 10.4. The number of anilines is 2. The maximum Gasteiger partial charge on any atom is 0.211 e. The second kappa shape index (κ2) is 3.70. The summed E-state index contributed by atoms with van der Waals surface area (Å²) in [6.07, 6.45) is 0.699. The summed E-state index contributed by atoms with van der Waals surface area (Å²) in [5.74, 6) is 0. The van der Waals surface area contributed by atoms with Gasteiger partial charge in [0.2, 0.25) is 6.41 Å². The molecular weight excluding hydrogens is 176 g/mol. The van der Waals surface area contributed by atoms with E-state index >= 15 is 0 Å². The molecule has 0 fully saturated rings. The Morgan fingerprint density at radius 1 is 1.00 bits per heavy atom. The fourth-order valence-corrected chi connectivity index (χ4v) is 1.62. The lowest BCUT2D eigenvalue weighted by atomic mass is 9.96. The van der Waals surface area contributed by atoms with Gasteiger partial charge in [0.25, 0.3) is 0 Å². The van der Waals surface area contributed by atoms with Gasteiger partial charge in [0, 0.05) is 11.4 Å². The van der Waals surface area contributed by atoms with Crippen molar-refractivity contribution in [3.05, 3.63) is 22.3 Å². The van der Waals surface area contributed by atoms with Gasteiger partial charge in [-0.3, -0.25) is 4.79 Å². The summed E-state index contributed by atoms with van der Waals surface area (Å²) in [6, 6.07) is 0. The van der Waals surface area contributed by atoms with E-state index in [0.717, 1.165) is 33.6 Å². The van der Waals surface area contributed by atoms with Crippen LogP contribution >= 0.6 is 0 Å². The summed E-state index contributed by atoms with van der Waals surface area (Å²) < 4.78 is 0. The van der Waals surface area contributed by atoms with Gasteiger partial charge in [-0.15, -0.1) is 0 Å². The molecule has 0 radical (unpaired) electrons. The van der Waals surface area contributed by atoms with Crippen LogP contribution in [0.15, 0.2) is 0 Å². The molecule has 0 aliphatic carbocycles. The highest BCUT2D eigenvalue weighted by molar-refractivity contribution is 5.80. The minimum absolute atomic E-state index is 0.699. The molecule has 0 aliphatic heterocycles. The van der Waals surface area contributed by atoms with Gasteiger partial charge < -0.3 is 11.1 Å². The molecule has 0 saturated heterocycles. The Hall–Kier alpha value is -1.51. The van der Waals surface area contributed by atoms with E-state index in [1.54, 1.807) is 0 Å². The van der Waals surface area contributed by atoms with Crippen molar-refractivity contribution in [3.8, 4) is 0 Å². The van der Waals surface area contributed by atoms with E-state index in [4.69, 9.17) is 5.73 Å². The first-order valence-electron chi connectivity index (χ1n) is 4.56. The summed E-state index contributed by atoms with van der Waals surface area (Å²) in [7, 11) is 0. The Kier molecular flexibility index (Phi) is 2.79. The van der Waals surface area contributed by atoms with Crippen molar-refractivity contribution in [3.63, 3.8) is 0 Å². The predicted octanol–water partition coefficient (Wildman–Crippen LogP) is 2.07. The first kappa shape index (κ1) is 10.6. The second-order valence-corrected chi connectivity index (χ2v) is 3.55. The van der Waals surface area contributed by atoms with Gasteiger partial charge in [0.15, 0.2) is 0 Å². The third-order valence-corrected chi connectivity index (χ3v) is 2.89. The van der Waals surface area contributed by atoms with Crippen molar-refractivity contribution < 1.29 is 4.79 Å². The molecule has 0 saturated carbocycles. The monoisotopic (exact) mass is 192 g/mol. The molecular formula is C11H16N2O. The number of nitrogens with two attached hydrogens (primary N) is 1. The van der Waals surface area contributed by atoms with Gasteiger partial charge in [0.1, 0.15) is 0 Å². The van der Waals surface area contributed by atoms with Crippen LogP contribution in [0.2, 0.25) is 0 Å². The van der Waals surface area contributed by atoms with Crippen molar-refractivity contribution >= 4 is 17.8 Å². The molecule has 0 bridgehead atoms. The van der Waals surface area contributed by atoms with E-state index in [1.165, 1.54) is 0 Å². The molecule has 0 atom stereocenters. The molecule has 76 valence electrons. The zero-order valence-corrected chi connectivity index (χ0v) is 9.06. The highest BCUT2D eigenvalue weighted by Crippen LogP contribution is 2.31. The second-order valence-electron chi connectivity index (χ2n) is 3.55. The van der Waals surface area contributed by atoms with Gasteiger partial charge in [0.05, 0.1) is 0 Å². The molecule has 0 unspecified atom stereocenters. The van der Waals surface area contributed by atoms with E-state index in [0.29, 0.717) is 6.41 Å².